The molecule has 1 aromatic carbocycles. The van der Waals surface area contributed by atoms with Crippen LogP contribution in [0.1, 0.15) is 25.0 Å². The van der Waals surface area contributed by atoms with E-state index in [4.69, 9.17) is 12.6 Å². The fraction of sp³-hybridized carbons (Fsp3) is 0.158. The quantitative estimate of drug-likeness (QED) is 0.497. The fourth-order valence-electron chi connectivity index (χ4n) is 2.72. The summed E-state index contributed by atoms with van der Waals surface area (Å²) in [5.41, 5.74) is 2.08. The maximum atomic E-state index is 7.93. The van der Waals surface area contributed by atoms with Gasteiger partial charge in [0.05, 0.1) is 11.1 Å². The number of aromatic nitrogens is 2. The summed E-state index contributed by atoms with van der Waals surface area (Å²) in [6.07, 6.45) is 1.62. The summed E-state index contributed by atoms with van der Waals surface area (Å²) in [6.45, 7) is -3.23. The number of fused-ring (bicyclic) bond motifs is 3. The molecule has 3 nitrogen and oxygen atoms in total. The molecule has 4 rings (SSSR count). The van der Waals surface area contributed by atoms with Gasteiger partial charge in [0.15, 0.2) is 0 Å². The molecule has 0 spiro atoms. The van der Waals surface area contributed by atoms with Crippen molar-refractivity contribution >= 4 is 22.1 Å². The van der Waals surface area contributed by atoms with E-state index in [1.165, 1.54) is 12.1 Å². The number of pyridine rings is 2. The first-order chi connectivity index (χ1) is 13.1. The van der Waals surface area contributed by atoms with E-state index in [0.29, 0.717) is 17.0 Å². The maximum absolute atomic E-state index is 7.93. The van der Waals surface area contributed by atoms with Gasteiger partial charge in [0.1, 0.15) is 5.58 Å². The Bertz CT molecular complexity index is 1190. The summed E-state index contributed by atoms with van der Waals surface area (Å²) in [5, 5.41) is 0.460. The van der Waals surface area contributed by atoms with E-state index >= 15 is 0 Å². The van der Waals surface area contributed by atoms with Crippen LogP contribution in [0.3, 0.4) is 0 Å². The largest absolute Gasteiger partial charge is 0.437 e. The Balaban J connectivity index is 2.24. The van der Waals surface area contributed by atoms with Gasteiger partial charge >= 0.3 is 0 Å². The van der Waals surface area contributed by atoms with E-state index in [-0.39, 0.29) is 33.2 Å². The summed E-state index contributed by atoms with van der Waals surface area (Å²) < 4.78 is 53.5. The Morgan fingerprint density at radius 1 is 1.05 bits per heavy atom. The lowest BCUT2D eigenvalue weighted by Crippen LogP contribution is -1.86. The van der Waals surface area contributed by atoms with Gasteiger partial charge in [0.2, 0.25) is 5.71 Å². The molecule has 0 saturated heterocycles. The Hall–Kier alpha value is -2.68. The number of benzene rings is 1. The zero-order valence-electron chi connectivity index (χ0n) is 17.8. The molecule has 4 aromatic rings. The average Bonchev–Trinajstić information content (AvgIpc) is 2.97. The van der Waals surface area contributed by atoms with E-state index in [9.17, 15) is 0 Å². The average molecular weight is 294 g/mol. The van der Waals surface area contributed by atoms with E-state index in [0.717, 1.165) is 0 Å². The predicted molar refractivity (Wildman–Crippen MR) is 89.0 cm³/mol. The van der Waals surface area contributed by atoms with Crippen molar-refractivity contribution in [1.82, 2.24) is 9.97 Å². The second kappa shape index (κ2) is 4.67. The summed E-state index contributed by atoms with van der Waals surface area (Å²) in [4.78, 5) is 8.64. The molecule has 3 heteroatoms. The third-order valence-corrected chi connectivity index (χ3v) is 3.66. The van der Waals surface area contributed by atoms with Crippen molar-refractivity contribution in [2.75, 3.05) is 0 Å². The van der Waals surface area contributed by atoms with Gasteiger partial charge in [0, 0.05) is 31.1 Å². The van der Waals surface area contributed by atoms with Gasteiger partial charge in [-0.1, -0.05) is 12.1 Å². The third kappa shape index (κ3) is 1.82. The predicted octanol–water partition coefficient (Wildman–Crippen LogP) is 4.97. The Labute approximate surface area is 137 Å². The molecule has 3 heterocycles. The van der Waals surface area contributed by atoms with Crippen LogP contribution in [0.4, 0.5) is 0 Å². The van der Waals surface area contributed by atoms with Crippen molar-refractivity contribution in [2.45, 2.75) is 20.6 Å². The van der Waals surface area contributed by atoms with Crippen molar-refractivity contribution in [3.8, 4) is 11.3 Å². The van der Waals surface area contributed by atoms with Gasteiger partial charge in [-0.3, -0.25) is 4.98 Å². The van der Waals surface area contributed by atoms with E-state index in [1.54, 1.807) is 31.3 Å². The molecule has 0 fully saturated rings. The second-order valence-electron chi connectivity index (χ2n) is 5.17. The SMILES string of the molecule is [2H]C([2H])([2H])c1cc(C)nc2oc3c(-c4ccccn4)ccc(C([2H])([2H])[2H])c3c12. The number of rotatable bonds is 1. The second-order valence-corrected chi connectivity index (χ2v) is 5.17. The van der Waals surface area contributed by atoms with Crippen LogP contribution < -0.4 is 0 Å². The summed E-state index contributed by atoms with van der Waals surface area (Å²) in [6, 6.07) is 9.94. The summed E-state index contributed by atoms with van der Waals surface area (Å²) >= 11 is 0. The minimum atomic E-state index is -2.45. The van der Waals surface area contributed by atoms with Crippen molar-refractivity contribution in [1.29, 1.82) is 0 Å². The van der Waals surface area contributed by atoms with E-state index < -0.39 is 13.7 Å². The van der Waals surface area contributed by atoms with Crippen LogP contribution in [-0.4, -0.2) is 9.97 Å². The first-order valence-corrected chi connectivity index (χ1v) is 6.86. The topological polar surface area (TPSA) is 38.9 Å². The summed E-state index contributed by atoms with van der Waals surface area (Å²) in [7, 11) is 0. The first kappa shape index (κ1) is 8.08. The van der Waals surface area contributed by atoms with Crippen LogP contribution in [0.2, 0.25) is 0 Å². The molecule has 0 amide bonds. The third-order valence-electron chi connectivity index (χ3n) is 3.66. The van der Waals surface area contributed by atoms with Crippen molar-refractivity contribution < 1.29 is 12.6 Å². The lowest BCUT2D eigenvalue weighted by Gasteiger charge is -2.04. The maximum Gasteiger partial charge on any atom is 0.227 e. The molecule has 0 unspecified atom stereocenters. The highest BCUT2D eigenvalue weighted by Crippen LogP contribution is 2.37. The number of hydrogen-bond acceptors (Lipinski definition) is 3. The standard InChI is InChI=1S/C19H16N2O/c1-11-7-8-14(15-6-4-5-9-20-15)18-16(11)17-12(2)10-13(3)21-19(17)22-18/h4-10H,1-3H3/i1D3,2D3. The smallest absolute Gasteiger partial charge is 0.227 e. The van der Waals surface area contributed by atoms with Gasteiger partial charge in [-0.25, -0.2) is 4.98 Å². The lowest BCUT2D eigenvalue weighted by molar-refractivity contribution is 0.653. The number of nitrogens with zero attached hydrogens (tertiary/aromatic N) is 2. The molecule has 0 saturated carbocycles. The molecule has 108 valence electrons. The van der Waals surface area contributed by atoms with Crippen LogP contribution in [0.15, 0.2) is 47.0 Å². The van der Waals surface area contributed by atoms with Gasteiger partial charge < -0.3 is 4.42 Å². The van der Waals surface area contributed by atoms with Gasteiger partial charge in [-0.15, -0.1) is 0 Å². The van der Waals surface area contributed by atoms with Gasteiger partial charge in [-0.2, -0.15) is 0 Å². The van der Waals surface area contributed by atoms with Crippen LogP contribution in [-0.2, 0) is 0 Å². The first-order valence-electron chi connectivity index (χ1n) is 9.86. The fourth-order valence-corrected chi connectivity index (χ4v) is 2.72. The highest BCUT2D eigenvalue weighted by atomic mass is 16.3. The highest BCUT2D eigenvalue weighted by molar-refractivity contribution is 6.11. The lowest BCUT2D eigenvalue weighted by atomic mass is 10.0. The monoisotopic (exact) mass is 294 g/mol. The van der Waals surface area contributed by atoms with E-state index in [1.807, 2.05) is 6.07 Å². The molecule has 0 aliphatic rings. The number of aryl methyl sites for hydroxylation is 3. The zero-order valence-corrected chi connectivity index (χ0v) is 11.8. The molecule has 0 aliphatic heterocycles. The minimum Gasteiger partial charge on any atom is -0.437 e. The highest BCUT2D eigenvalue weighted by Gasteiger charge is 2.17. The number of furan rings is 1. The Kier molecular flexibility index (Phi) is 1.71. The molecule has 0 atom stereocenters. The molecule has 0 bridgehead atoms. The zero-order chi connectivity index (χ0) is 20.3. The molecule has 22 heavy (non-hydrogen) atoms. The van der Waals surface area contributed by atoms with Crippen molar-refractivity contribution in [3.05, 3.63) is 59.4 Å². The molecule has 3 aromatic heterocycles. The normalized spacial score (nSPS) is 16.6. The van der Waals surface area contributed by atoms with Crippen LogP contribution in [0.25, 0.3) is 33.3 Å². The molecule has 0 N–H and O–H groups in total. The minimum absolute atomic E-state index is 0.0251. The number of hydrogen-bond donors (Lipinski definition) is 0. The Morgan fingerprint density at radius 3 is 2.73 bits per heavy atom. The van der Waals surface area contributed by atoms with Gasteiger partial charge in [0.25, 0.3) is 0 Å². The molecular formula is C19H16N2O. The molecular weight excluding hydrogens is 272 g/mol. The van der Waals surface area contributed by atoms with Crippen LogP contribution in [0, 0.1) is 20.6 Å². The van der Waals surface area contributed by atoms with E-state index in [2.05, 4.69) is 9.97 Å². The Morgan fingerprint density at radius 2 is 1.95 bits per heavy atom. The molecule has 0 radical (unpaired) electrons. The van der Waals surface area contributed by atoms with Crippen molar-refractivity contribution in [3.63, 3.8) is 0 Å². The molecule has 0 aliphatic carbocycles. The van der Waals surface area contributed by atoms with Crippen LogP contribution >= 0.6 is 0 Å². The van der Waals surface area contributed by atoms with Gasteiger partial charge in [-0.05, 0) is 56.0 Å². The van der Waals surface area contributed by atoms with Crippen molar-refractivity contribution in [2.24, 2.45) is 0 Å². The van der Waals surface area contributed by atoms with Crippen LogP contribution in [0.5, 0.6) is 0 Å². The summed E-state index contributed by atoms with van der Waals surface area (Å²) in [5.74, 6) is 0.